The number of rotatable bonds is 6. The van der Waals surface area contributed by atoms with Gasteiger partial charge in [0, 0.05) is 4.90 Å². The van der Waals surface area contributed by atoms with Gasteiger partial charge in [0.05, 0.1) is 5.25 Å². The molecular formula is C17H17FN2O3S. The van der Waals surface area contributed by atoms with Gasteiger partial charge in [-0.3, -0.25) is 20.4 Å². The van der Waals surface area contributed by atoms with Crippen molar-refractivity contribution in [2.24, 2.45) is 0 Å². The van der Waals surface area contributed by atoms with Crippen LogP contribution in [0.2, 0.25) is 0 Å². The van der Waals surface area contributed by atoms with Crippen LogP contribution in [-0.4, -0.2) is 23.7 Å². The minimum Gasteiger partial charge on any atom is -0.481 e. The molecule has 0 saturated carbocycles. The molecule has 0 aromatic heterocycles. The van der Waals surface area contributed by atoms with Crippen molar-refractivity contribution in [1.82, 2.24) is 10.9 Å². The van der Waals surface area contributed by atoms with Gasteiger partial charge < -0.3 is 4.74 Å². The van der Waals surface area contributed by atoms with Gasteiger partial charge in [-0.25, -0.2) is 4.39 Å². The number of halogens is 1. The molecular weight excluding hydrogens is 331 g/mol. The van der Waals surface area contributed by atoms with Crippen molar-refractivity contribution in [2.75, 3.05) is 6.61 Å². The van der Waals surface area contributed by atoms with Crippen LogP contribution in [0.4, 0.5) is 4.39 Å². The van der Waals surface area contributed by atoms with Gasteiger partial charge in [-0.05, 0) is 31.2 Å². The molecule has 1 atom stereocenters. The Morgan fingerprint density at radius 3 is 2.46 bits per heavy atom. The van der Waals surface area contributed by atoms with Crippen LogP contribution in [0.15, 0.2) is 59.5 Å². The Kier molecular flexibility index (Phi) is 6.62. The van der Waals surface area contributed by atoms with Gasteiger partial charge in [-0.2, -0.15) is 0 Å². The van der Waals surface area contributed by atoms with Crippen molar-refractivity contribution in [2.45, 2.75) is 17.1 Å². The number of carbonyl (C=O) groups is 2. The molecule has 2 rings (SSSR count). The predicted molar refractivity (Wildman–Crippen MR) is 89.9 cm³/mol. The molecule has 24 heavy (non-hydrogen) atoms. The van der Waals surface area contributed by atoms with E-state index in [4.69, 9.17) is 4.74 Å². The highest BCUT2D eigenvalue weighted by Gasteiger charge is 2.15. The topological polar surface area (TPSA) is 67.4 Å². The van der Waals surface area contributed by atoms with Gasteiger partial charge in [0.1, 0.15) is 0 Å². The van der Waals surface area contributed by atoms with Crippen LogP contribution < -0.4 is 15.6 Å². The Morgan fingerprint density at radius 1 is 1.08 bits per heavy atom. The summed E-state index contributed by atoms with van der Waals surface area (Å²) in [5, 5.41) is -0.389. The Hall–Kier alpha value is -2.54. The lowest BCUT2D eigenvalue weighted by molar-refractivity contribution is -0.129. The summed E-state index contributed by atoms with van der Waals surface area (Å²) >= 11 is 1.37. The monoisotopic (exact) mass is 348 g/mol. The largest absolute Gasteiger partial charge is 0.481 e. The Morgan fingerprint density at radius 2 is 1.75 bits per heavy atom. The zero-order valence-corrected chi connectivity index (χ0v) is 13.8. The molecule has 2 N–H and O–H groups in total. The van der Waals surface area contributed by atoms with Crippen molar-refractivity contribution >= 4 is 23.6 Å². The van der Waals surface area contributed by atoms with E-state index >= 15 is 0 Å². The minimum atomic E-state index is -0.580. The normalized spacial score (nSPS) is 11.4. The van der Waals surface area contributed by atoms with E-state index < -0.39 is 18.3 Å². The minimum absolute atomic E-state index is 0.0213. The summed E-state index contributed by atoms with van der Waals surface area (Å²) in [6.45, 7) is 1.33. The number of carbonyl (C=O) groups excluding carboxylic acids is 2. The summed E-state index contributed by atoms with van der Waals surface area (Å²) in [5.74, 6) is -1.50. The lowest BCUT2D eigenvalue weighted by atomic mass is 10.3. The highest BCUT2D eigenvalue weighted by Crippen LogP contribution is 2.22. The zero-order chi connectivity index (χ0) is 17.4. The number of ether oxygens (including phenoxy) is 1. The molecule has 5 nitrogen and oxygen atoms in total. The maximum Gasteiger partial charge on any atom is 0.276 e. The van der Waals surface area contributed by atoms with Crippen LogP contribution >= 0.6 is 11.8 Å². The second-order valence-corrected chi connectivity index (χ2v) is 6.24. The van der Waals surface area contributed by atoms with Gasteiger partial charge in [0.25, 0.3) is 11.8 Å². The molecule has 126 valence electrons. The molecule has 7 heteroatoms. The van der Waals surface area contributed by atoms with E-state index in [1.54, 1.807) is 13.0 Å². The van der Waals surface area contributed by atoms with Crippen LogP contribution in [0.5, 0.6) is 5.75 Å². The summed E-state index contributed by atoms with van der Waals surface area (Å²) in [5.41, 5.74) is 4.56. The first-order valence-electron chi connectivity index (χ1n) is 7.24. The summed E-state index contributed by atoms with van der Waals surface area (Å²) in [6.07, 6.45) is 0. The molecule has 0 aliphatic heterocycles. The molecule has 0 spiro atoms. The number of hydrogen-bond acceptors (Lipinski definition) is 4. The summed E-state index contributed by atoms with van der Waals surface area (Å²) in [6, 6.07) is 15.2. The molecule has 0 saturated heterocycles. The van der Waals surface area contributed by atoms with Gasteiger partial charge in [0.2, 0.25) is 0 Å². The standard InChI is InChI=1S/C17H17FN2O3S/c1-12(24-13-7-3-2-4-8-13)17(22)20-19-16(21)11-23-15-10-6-5-9-14(15)18/h2-10,12H,11H2,1H3,(H,19,21)(H,20,22)/t12-/m1/s1. The first-order chi connectivity index (χ1) is 11.6. The van der Waals surface area contributed by atoms with Crippen molar-refractivity contribution in [3.63, 3.8) is 0 Å². The SMILES string of the molecule is C[C@@H](Sc1ccccc1)C(=O)NNC(=O)COc1ccccc1F. The van der Waals surface area contributed by atoms with Crippen molar-refractivity contribution in [1.29, 1.82) is 0 Å². The van der Waals surface area contributed by atoms with Crippen LogP contribution in [0.25, 0.3) is 0 Å². The molecule has 0 radical (unpaired) electrons. The van der Waals surface area contributed by atoms with Gasteiger partial charge in [-0.1, -0.05) is 30.3 Å². The molecule has 2 amide bonds. The smallest absolute Gasteiger partial charge is 0.276 e. The number of benzene rings is 2. The molecule has 0 aliphatic carbocycles. The van der Waals surface area contributed by atoms with Crippen LogP contribution in [0.1, 0.15) is 6.92 Å². The summed E-state index contributed by atoms with van der Waals surface area (Å²) in [7, 11) is 0. The van der Waals surface area contributed by atoms with Crippen molar-refractivity contribution in [3.05, 3.63) is 60.4 Å². The van der Waals surface area contributed by atoms with E-state index in [1.807, 2.05) is 30.3 Å². The Labute approximate surface area is 143 Å². The first-order valence-corrected chi connectivity index (χ1v) is 8.12. The number of hydrazine groups is 1. The van der Waals surface area contributed by atoms with Gasteiger partial charge >= 0.3 is 0 Å². The average molecular weight is 348 g/mol. The average Bonchev–Trinajstić information content (AvgIpc) is 2.59. The molecule has 2 aromatic carbocycles. The maximum absolute atomic E-state index is 13.3. The highest BCUT2D eigenvalue weighted by molar-refractivity contribution is 8.00. The first kappa shape index (κ1) is 17.8. The molecule has 0 bridgehead atoms. The predicted octanol–water partition coefficient (Wildman–Crippen LogP) is 2.53. The number of para-hydroxylation sites is 1. The molecule has 2 aromatic rings. The van der Waals surface area contributed by atoms with E-state index in [2.05, 4.69) is 10.9 Å². The molecule has 0 aliphatic rings. The third kappa shape index (κ3) is 5.58. The molecule has 0 fully saturated rings. The lowest BCUT2D eigenvalue weighted by Crippen LogP contribution is -2.46. The Balaban J connectivity index is 1.73. The van der Waals surface area contributed by atoms with Crippen LogP contribution in [0, 0.1) is 5.82 Å². The van der Waals surface area contributed by atoms with Crippen LogP contribution in [0.3, 0.4) is 0 Å². The third-order valence-electron chi connectivity index (χ3n) is 2.95. The fourth-order valence-electron chi connectivity index (χ4n) is 1.73. The van der Waals surface area contributed by atoms with E-state index in [1.165, 1.54) is 30.0 Å². The summed E-state index contributed by atoms with van der Waals surface area (Å²) < 4.78 is 18.4. The fourth-order valence-corrected chi connectivity index (χ4v) is 2.62. The number of hydrogen-bond donors (Lipinski definition) is 2. The lowest BCUT2D eigenvalue weighted by Gasteiger charge is -2.13. The number of amides is 2. The molecule has 0 unspecified atom stereocenters. The summed E-state index contributed by atoms with van der Waals surface area (Å²) in [4.78, 5) is 24.5. The fraction of sp³-hybridized carbons (Fsp3) is 0.176. The maximum atomic E-state index is 13.3. The van der Waals surface area contributed by atoms with E-state index in [9.17, 15) is 14.0 Å². The van der Waals surface area contributed by atoms with Gasteiger partial charge in [0.15, 0.2) is 18.2 Å². The van der Waals surface area contributed by atoms with Crippen molar-refractivity contribution < 1.29 is 18.7 Å². The zero-order valence-electron chi connectivity index (χ0n) is 13.0. The second-order valence-electron chi connectivity index (χ2n) is 4.83. The quantitative estimate of drug-likeness (QED) is 0.622. The van der Waals surface area contributed by atoms with Crippen LogP contribution in [-0.2, 0) is 9.59 Å². The number of nitrogens with one attached hydrogen (secondary N) is 2. The second kappa shape index (κ2) is 8.93. The third-order valence-corrected chi connectivity index (χ3v) is 4.06. The Bertz CT molecular complexity index is 697. The van der Waals surface area contributed by atoms with E-state index in [-0.39, 0.29) is 16.9 Å². The van der Waals surface area contributed by atoms with Gasteiger partial charge in [-0.15, -0.1) is 11.8 Å². The number of thioether (sulfide) groups is 1. The van der Waals surface area contributed by atoms with Crippen molar-refractivity contribution in [3.8, 4) is 5.75 Å². The molecule has 0 heterocycles. The van der Waals surface area contributed by atoms with E-state index in [0.29, 0.717) is 0 Å². The van der Waals surface area contributed by atoms with E-state index in [0.717, 1.165) is 4.90 Å². The highest BCUT2D eigenvalue weighted by atomic mass is 32.2.